The average Bonchev–Trinajstić information content (AvgIpc) is 2.15. The van der Waals surface area contributed by atoms with Gasteiger partial charge in [-0.25, -0.2) is 0 Å². The van der Waals surface area contributed by atoms with Gasteiger partial charge in [0.05, 0.1) is 0 Å². The van der Waals surface area contributed by atoms with E-state index in [1.165, 1.54) is 38.8 Å². The predicted octanol–water partition coefficient (Wildman–Crippen LogP) is 1.90. The summed E-state index contributed by atoms with van der Waals surface area (Å²) in [6.45, 7) is 6.98. The molecule has 0 radical (unpaired) electrons. The Morgan fingerprint density at radius 1 is 1.23 bits per heavy atom. The molecule has 0 aromatic carbocycles. The van der Waals surface area contributed by atoms with E-state index in [0.29, 0.717) is 0 Å². The summed E-state index contributed by atoms with van der Waals surface area (Å²) in [6, 6.07) is 0.905. The highest BCUT2D eigenvalue weighted by atomic mass is 16.5. The maximum Gasteiger partial charge on any atom is 0.0469 e. The van der Waals surface area contributed by atoms with Crippen LogP contribution in [0.5, 0.6) is 0 Å². The summed E-state index contributed by atoms with van der Waals surface area (Å²) in [5.41, 5.74) is 0. The van der Waals surface area contributed by atoms with E-state index in [0.717, 1.165) is 25.2 Å². The molecule has 2 nitrogen and oxygen atoms in total. The maximum absolute atomic E-state index is 5.37. The van der Waals surface area contributed by atoms with Crippen LogP contribution >= 0.6 is 0 Å². The van der Waals surface area contributed by atoms with Crippen molar-refractivity contribution in [2.24, 2.45) is 5.92 Å². The lowest BCUT2D eigenvalue weighted by atomic mass is 9.94. The summed E-state index contributed by atoms with van der Waals surface area (Å²) >= 11 is 0. The van der Waals surface area contributed by atoms with E-state index in [-0.39, 0.29) is 0 Å². The van der Waals surface area contributed by atoms with E-state index < -0.39 is 0 Å². The van der Waals surface area contributed by atoms with Crippen molar-refractivity contribution in [2.45, 2.75) is 38.6 Å². The van der Waals surface area contributed by atoms with Crippen molar-refractivity contribution in [1.82, 2.24) is 4.90 Å². The third-order valence-corrected chi connectivity index (χ3v) is 3.57. The van der Waals surface area contributed by atoms with E-state index in [4.69, 9.17) is 4.74 Å². The van der Waals surface area contributed by atoms with Crippen LogP contribution in [0.25, 0.3) is 0 Å². The van der Waals surface area contributed by atoms with Crippen LogP contribution in [0.4, 0.5) is 0 Å². The molecule has 0 saturated carbocycles. The Morgan fingerprint density at radius 3 is 2.54 bits per heavy atom. The van der Waals surface area contributed by atoms with Gasteiger partial charge < -0.3 is 9.64 Å². The first-order valence-corrected chi connectivity index (χ1v) is 5.72. The molecule has 2 heteroatoms. The molecule has 0 aromatic rings. The molecule has 2 heterocycles. The van der Waals surface area contributed by atoms with Crippen molar-refractivity contribution >= 4 is 0 Å². The summed E-state index contributed by atoms with van der Waals surface area (Å²) in [5.74, 6) is 0.920. The summed E-state index contributed by atoms with van der Waals surface area (Å²) in [4.78, 5) is 2.66. The van der Waals surface area contributed by atoms with Crippen molar-refractivity contribution in [1.29, 1.82) is 0 Å². The lowest BCUT2D eigenvalue weighted by Gasteiger charge is -2.43. The van der Waals surface area contributed by atoms with Gasteiger partial charge in [0.2, 0.25) is 0 Å². The molecule has 0 N–H and O–H groups in total. The number of ether oxygens (including phenoxy) is 1. The number of likely N-dealkylation sites (tertiary alicyclic amines) is 1. The molecule has 2 saturated heterocycles. The monoisotopic (exact) mass is 183 g/mol. The molecule has 13 heavy (non-hydrogen) atoms. The summed E-state index contributed by atoms with van der Waals surface area (Å²) in [7, 11) is 0. The number of hydrogen-bond donors (Lipinski definition) is 0. The van der Waals surface area contributed by atoms with E-state index in [9.17, 15) is 0 Å². The largest absolute Gasteiger partial charge is 0.381 e. The van der Waals surface area contributed by atoms with Crippen LogP contribution in [0.1, 0.15) is 32.6 Å². The molecule has 0 aromatic heterocycles. The second kappa shape index (κ2) is 4.43. The molecule has 1 unspecified atom stereocenters. The zero-order valence-corrected chi connectivity index (χ0v) is 8.67. The molecule has 2 fully saturated rings. The van der Waals surface area contributed by atoms with Crippen molar-refractivity contribution in [3.05, 3.63) is 0 Å². The first kappa shape index (κ1) is 9.47. The number of rotatable bonds is 3. The Balaban J connectivity index is 1.70. The molecular weight excluding hydrogens is 162 g/mol. The van der Waals surface area contributed by atoms with E-state index in [1.54, 1.807) is 0 Å². The molecule has 0 amide bonds. The Morgan fingerprint density at radius 2 is 2.00 bits per heavy atom. The van der Waals surface area contributed by atoms with Crippen LogP contribution in [0.15, 0.2) is 0 Å². The summed E-state index contributed by atoms with van der Waals surface area (Å²) in [5, 5.41) is 0. The van der Waals surface area contributed by atoms with Crippen molar-refractivity contribution in [3.63, 3.8) is 0 Å². The normalized spacial score (nSPS) is 31.6. The number of nitrogens with zero attached hydrogens (tertiary/aromatic N) is 1. The molecule has 0 aliphatic carbocycles. The standard InChI is InChI=1S/C11H21NO/c1-2-11-3-6-12(11)9-10-4-7-13-8-5-10/h10-11H,2-9H2,1H3. The molecule has 2 aliphatic rings. The molecular formula is C11H21NO. The second-order valence-electron chi connectivity index (χ2n) is 4.40. The van der Waals surface area contributed by atoms with Crippen molar-refractivity contribution < 1.29 is 4.74 Å². The van der Waals surface area contributed by atoms with Gasteiger partial charge in [-0.05, 0) is 38.1 Å². The second-order valence-corrected chi connectivity index (χ2v) is 4.40. The van der Waals surface area contributed by atoms with Crippen LogP contribution in [0, 0.1) is 5.92 Å². The van der Waals surface area contributed by atoms with Crippen LogP contribution in [0.2, 0.25) is 0 Å². The van der Waals surface area contributed by atoms with Gasteiger partial charge in [0, 0.05) is 25.8 Å². The highest BCUT2D eigenvalue weighted by molar-refractivity contribution is 4.83. The Hall–Kier alpha value is -0.0800. The fourth-order valence-corrected chi connectivity index (χ4v) is 2.46. The van der Waals surface area contributed by atoms with Gasteiger partial charge in [-0.2, -0.15) is 0 Å². The zero-order chi connectivity index (χ0) is 9.10. The third-order valence-electron chi connectivity index (χ3n) is 3.57. The maximum atomic E-state index is 5.37. The van der Waals surface area contributed by atoms with Crippen LogP contribution < -0.4 is 0 Å². The van der Waals surface area contributed by atoms with Gasteiger partial charge in [-0.1, -0.05) is 6.92 Å². The summed E-state index contributed by atoms with van der Waals surface area (Å²) < 4.78 is 5.37. The molecule has 0 spiro atoms. The first-order chi connectivity index (χ1) is 6.40. The van der Waals surface area contributed by atoms with E-state index >= 15 is 0 Å². The Bertz CT molecular complexity index is 152. The number of hydrogen-bond acceptors (Lipinski definition) is 2. The third kappa shape index (κ3) is 2.23. The molecule has 2 aliphatic heterocycles. The van der Waals surface area contributed by atoms with E-state index in [1.807, 2.05) is 0 Å². The van der Waals surface area contributed by atoms with Gasteiger partial charge in [0.25, 0.3) is 0 Å². The van der Waals surface area contributed by atoms with Gasteiger partial charge in [0.1, 0.15) is 0 Å². The van der Waals surface area contributed by atoms with Gasteiger partial charge in [-0.15, -0.1) is 0 Å². The molecule has 1 atom stereocenters. The minimum Gasteiger partial charge on any atom is -0.381 e. The highest BCUT2D eigenvalue weighted by Crippen LogP contribution is 2.24. The topological polar surface area (TPSA) is 12.5 Å². The quantitative estimate of drug-likeness (QED) is 0.662. The zero-order valence-electron chi connectivity index (χ0n) is 8.67. The predicted molar refractivity (Wildman–Crippen MR) is 53.8 cm³/mol. The lowest BCUT2D eigenvalue weighted by molar-refractivity contribution is 0.0186. The average molecular weight is 183 g/mol. The van der Waals surface area contributed by atoms with Crippen LogP contribution in [0.3, 0.4) is 0 Å². The Kier molecular flexibility index (Phi) is 3.23. The first-order valence-electron chi connectivity index (χ1n) is 5.72. The molecule has 2 rings (SSSR count). The van der Waals surface area contributed by atoms with Crippen molar-refractivity contribution in [3.8, 4) is 0 Å². The smallest absolute Gasteiger partial charge is 0.0469 e. The van der Waals surface area contributed by atoms with E-state index in [2.05, 4.69) is 11.8 Å². The van der Waals surface area contributed by atoms with Gasteiger partial charge in [0.15, 0.2) is 0 Å². The fraction of sp³-hybridized carbons (Fsp3) is 1.00. The van der Waals surface area contributed by atoms with Crippen LogP contribution in [-0.4, -0.2) is 37.2 Å². The summed E-state index contributed by atoms with van der Waals surface area (Å²) in [6.07, 6.45) is 5.34. The molecule has 0 bridgehead atoms. The van der Waals surface area contributed by atoms with Crippen molar-refractivity contribution in [2.75, 3.05) is 26.3 Å². The molecule has 76 valence electrons. The fourth-order valence-electron chi connectivity index (χ4n) is 2.46. The van der Waals surface area contributed by atoms with Crippen LogP contribution in [-0.2, 0) is 4.74 Å². The highest BCUT2D eigenvalue weighted by Gasteiger charge is 2.28. The lowest BCUT2D eigenvalue weighted by Crippen LogP contribution is -2.49. The van der Waals surface area contributed by atoms with Gasteiger partial charge >= 0.3 is 0 Å². The van der Waals surface area contributed by atoms with Gasteiger partial charge in [-0.3, -0.25) is 0 Å². The minimum absolute atomic E-state index is 0.905. The SMILES string of the molecule is CCC1CCN1CC1CCOCC1. The Labute approximate surface area is 81.3 Å². The minimum atomic E-state index is 0.905.